The second-order valence-corrected chi connectivity index (χ2v) is 5.26. The molecule has 1 aromatic carbocycles. The van der Waals surface area contributed by atoms with E-state index in [2.05, 4.69) is 5.16 Å². The molecule has 2 atom stereocenters. The molecule has 1 saturated heterocycles. The van der Waals surface area contributed by atoms with Gasteiger partial charge in [-0.15, -0.1) is 0 Å². The largest absolute Gasteiger partial charge is 0.476 e. The number of benzene rings is 1. The van der Waals surface area contributed by atoms with Crippen molar-refractivity contribution in [3.8, 4) is 0 Å². The second-order valence-electron chi connectivity index (χ2n) is 4.39. The quantitative estimate of drug-likeness (QED) is 0.911. The monoisotopic (exact) mass is 301 g/mol. The van der Waals surface area contributed by atoms with Crippen molar-refractivity contribution in [2.24, 2.45) is 11.1 Å². The van der Waals surface area contributed by atoms with Crippen LogP contribution in [0.4, 0.5) is 0 Å². The number of carboxylic acids is 1. The maximum atomic E-state index is 11.3. The highest BCUT2D eigenvalue weighted by molar-refractivity contribution is 6.35. The van der Waals surface area contributed by atoms with E-state index in [9.17, 15) is 9.90 Å². The van der Waals surface area contributed by atoms with Crippen LogP contribution in [0.25, 0.3) is 0 Å². The number of rotatable bonds is 2. The van der Waals surface area contributed by atoms with Gasteiger partial charge in [-0.1, -0.05) is 28.4 Å². The number of ether oxygens (including phenoxy) is 1. The first-order valence-corrected chi connectivity index (χ1v) is 6.38. The van der Waals surface area contributed by atoms with Crippen molar-refractivity contribution < 1.29 is 19.5 Å². The lowest BCUT2D eigenvalue weighted by Crippen LogP contribution is -2.44. The zero-order valence-corrected chi connectivity index (χ0v) is 11.1. The molecule has 3 rings (SSSR count). The zero-order chi connectivity index (χ0) is 13.6. The number of carbonyl (C=O) groups is 1. The van der Waals surface area contributed by atoms with Gasteiger partial charge in [-0.2, -0.15) is 0 Å². The van der Waals surface area contributed by atoms with Crippen LogP contribution in [0, 0.1) is 5.92 Å². The summed E-state index contributed by atoms with van der Waals surface area (Å²) in [5, 5.41) is 14.0. The van der Waals surface area contributed by atoms with Gasteiger partial charge >= 0.3 is 11.8 Å². The summed E-state index contributed by atoms with van der Waals surface area (Å²) in [6.07, 6.45) is 0.523. The van der Waals surface area contributed by atoms with Gasteiger partial charge in [0.25, 0.3) is 0 Å². The Labute approximate surface area is 118 Å². The van der Waals surface area contributed by atoms with E-state index in [1.807, 2.05) is 0 Å². The first-order chi connectivity index (χ1) is 9.03. The molecule has 1 unspecified atom stereocenters. The van der Waals surface area contributed by atoms with Gasteiger partial charge in [-0.25, -0.2) is 4.79 Å². The number of hydrogen-bond donors (Lipinski definition) is 1. The fourth-order valence-corrected chi connectivity index (χ4v) is 2.94. The average Bonchev–Trinajstić information content (AvgIpc) is 2.85. The third-order valence-electron chi connectivity index (χ3n) is 3.25. The molecule has 0 aromatic heterocycles. The highest BCUT2D eigenvalue weighted by atomic mass is 35.5. The molecule has 0 aliphatic carbocycles. The predicted octanol–water partition coefficient (Wildman–Crippen LogP) is 2.55. The summed E-state index contributed by atoms with van der Waals surface area (Å²) in [5.41, 5.74) is 1.15. The van der Waals surface area contributed by atoms with Gasteiger partial charge in [-0.05, 0) is 24.6 Å². The fraction of sp³-hybridized carbons (Fsp3) is 0.333. The standard InChI is InChI=1S/C12H9Cl2NO4/c13-7-3-6(4-8(14)5-7)10-9-1-2-18-12(9,11(16)17)19-15-10/h3-5,9H,1-2H2,(H,16,17)/t9?,12-/m0/s1. The first kappa shape index (κ1) is 12.7. The van der Waals surface area contributed by atoms with E-state index in [1.165, 1.54) is 0 Å². The van der Waals surface area contributed by atoms with E-state index < -0.39 is 17.7 Å². The van der Waals surface area contributed by atoms with Crippen LogP contribution in [0.1, 0.15) is 12.0 Å². The third-order valence-corrected chi connectivity index (χ3v) is 3.68. The Hall–Kier alpha value is -1.30. The summed E-state index contributed by atoms with van der Waals surface area (Å²) < 4.78 is 5.24. The summed E-state index contributed by atoms with van der Waals surface area (Å²) in [4.78, 5) is 16.4. The lowest BCUT2D eigenvalue weighted by Gasteiger charge is -2.20. The Balaban J connectivity index is 2.01. The highest BCUT2D eigenvalue weighted by Gasteiger charge is 2.60. The van der Waals surface area contributed by atoms with Gasteiger partial charge in [0.2, 0.25) is 0 Å². The van der Waals surface area contributed by atoms with Crippen LogP contribution in [0.15, 0.2) is 23.4 Å². The van der Waals surface area contributed by atoms with Gasteiger partial charge < -0.3 is 14.7 Å². The van der Waals surface area contributed by atoms with Gasteiger partial charge in [-0.3, -0.25) is 0 Å². The minimum Gasteiger partial charge on any atom is -0.476 e. The molecular weight excluding hydrogens is 293 g/mol. The van der Waals surface area contributed by atoms with Crippen LogP contribution >= 0.6 is 23.2 Å². The normalized spacial score (nSPS) is 28.7. The summed E-state index contributed by atoms with van der Waals surface area (Å²) in [5.74, 6) is -3.34. The van der Waals surface area contributed by atoms with Crippen LogP contribution in [0.2, 0.25) is 10.0 Å². The SMILES string of the molecule is O=C(O)[C@]12OCCC1C(c1cc(Cl)cc(Cl)c1)=NO2. The topological polar surface area (TPSA) is 68.1 Å². The Morgan fingerprint density at radius 3 is 2.68 bits per heavy atom. The Bertz CT molecular complexity index is 569. The van der Waals surface area contributed by atoms with Crippen molar-refractivity contribution in [1.29, 1.82) is 0 Å². The molecule has 2 aliphatic rings. The summed E-state index contributed by atoms with van der Waals surface area (Å²) in [7, 11) is 0. The van der Waals surface area contributed by atoms with Gasteiger partial charge in [0.1, 0.15) is 0 Å². The first-order valence-electron chi connectivity index (χ1n) is 5.63. The highest BCUT2D eigenvalue weighted by Crippen LogP contribution is 2.41. The van der Waals surface area contributed by atoms with E-state index in [-0.39, 0.29) is 0 Å². The fourth-order valence-electron chi connectivity index (χ4n) is 2.41. The number of hydrogen-bond acceptors (Lipinski definition) is 4. The maximum absolute atomic E-state index is 11.3. The number of carboxylic acid groups (broad SMARTS) is 1. The summed E-state index contributed by atoms with van der Waals surface area (Å²) in [6.45, 7) is 0.310. The van der Waals surface area contributed by atoms with Crippen molar-refractivity contribution in [2.45, 2.75) is 12.2 Å². The van der Waals surface area contributed by atoms with Crippen LogP contribution < -0.4 is 0 Å². The molecule has 1 N–H and O–H groups in total. The molecule has 0 radical (unpaired) electrons. The minimum atomic E-state index is -1.70. The van der Waals surface area contributed by atoms with E-state index in [0.29, 0.717) is 34.3 Å². The molecule has 1 fully saturated rings. The second kappa shape index (κ2) is 4.37. The molecule has 100 valence electrons. The molecule has 5 nitrogen and oxygen atoms in total. The van der Waals surface area contributed by atoms with E-state index in [1.54, 1.807) is 18.2 Å². The van der Waals surface area contributed by atoms with Crippen LogP contribution in [0.5, 0.6) is 0 Å². The molecule has 1 aromatic rings. The molecule has 0 spiro atoms. The Kier molecular flexibility index (Phi) is 2.92. The number of nitrogens with zero attached hydrogens (tertiary/aromatic N) is 1. The van der Waals surface area contributed by atoms with Crippen molar-refractivity contribution in [3.63, 3.8) is 0 Å². The lowest BCUT2D eigenvalue weighted by atomic mass is 9.89. The van der Waals surface area contributed by atoms with Crippen molar-refractivity contribution in [3.05, 3.63) is 33.8 Å². The number of aliphatic carboxylic acids is 1. The van der Waals surface area contributed by atoms with Crippen molar-refractivity contribution >= 4 is 34.9 Å². The minimum absolute atomic E-state index is 0.310. The van der Waals surface area contributed by atoms with E-state index in [4.69, 9.17) is 32.8 Å². The summed E-state index contributed by atoms with van der Waals surface area (Å²) in [6, 6.07) is 4.94. The van der Waals surface area contributed by atoms with Crippen molar-refractivity contribution in [1.82, 2.24) is 0 Å². The number of halogens is 2. The predicted molar refractivity (Wildman–Crippen MR) is 68.5 cm³/mol. The number of oxime groups is 1. The molecule has 7 heteroatoms. The summed E-state index contributed by atoms with van der Waals surface area (Å²) >= 11 is 11.9. The molecule has 2 heterocycles. The van der Waals surface area contributed by atoms with Crippen molar-refractivity contribution in [2.75, 3.05) is 6.61 Å². The van der Waals surface area contributed by atoms with Crippen LogP contribution in [-0.4, -0.2) is 29.2 Å². The molecular formula is C12H9Cl2NO4. The Morgan fingerprint density at radius 1 is 1.37 bits per heavy atom. The van der Waals surface area contributed by atoms with E-state index in [0.717, 1.165) is 0 Å². The lowest BCUT2D eigenvalue weighted by molar-refractivity contribution is -0.226. The van der Waals surface area contributed by atoms with Gasteiger partial charge in [0, 0.05) is 15.6 Å². The molecule has 0 bridgehead atoms. The van der Waals surface area contributed by atoms with Gasteiger partial charge in [0.15, 0.2) is 0 Å². The maximum Gasteiger partial charge on any atom is 0.380 e. The third kappa shape index (κ3) is 1.89. The molecule has 0 saturated carbocycles. The molecule has 2 aliphatic heterocycles. The Morgan fingerprint density at radius 2 is 2.05 bits per heavy atom. The average molecular weight is 302 g/mol. The number of fused-ring (bicyclic) bond motifs is 1. The molecule has 19 heavy (non-hydrogen) atoms. The van der Waals surface area contributed by atoms with Crippen LogP contribution in [0.3, 0.4) is 0 Å². The van der Waals surface area contributed by atoms with Crippen LogP contribution in [-0.2, 0) is 14.4 Å². The zero-order valence-electron chi connectivity index (χ0n) is 9.60. The van der Waals surface area contributed by atoms with Gasteiger partial charge in [0.05, 0.1) is 18.2 Å². The van der Waals surface area contributed by atoms with E-state index >= 15 is 0 Å². The smallest absolute Gasteiger partial charge is 0.380 e. The molecule has 0 amide bonds.